The zero-order valence-corrected chi connectivity index (χ0v) is 18.5. The minimum atomic E-state index is 0. The largest absolute Gasteiger partial charge is 0.496 e. The summed E-state index contributed by atoms with van der Waals surface area (Å²) in [6.07, 6.45) is 0.468. The molecule has 1 unspecified atom stereocenters. The van der Waals surface area contributed by atoms with Gasteiger partial charge in [0, 0.05) is 36.7 Å². The third-order valence-electron chi connectivity index (χ3n) is 4.57. The lowest BCUT2D eigenvalue weighted by atomic mass is 9.90. The molecule has 0 fully saturated rings. The molecule has 1 heterocycles. The SMILES string of the molecule is CCNC(=NCc1ccccc1OC)NCC1CC(=O)Nc2ccccc21.I. The van der Waals surface area contributed by atoms with Crippen molar-refractivity contribution in [2.45, 2.75) is 25.8 Å². The number of anilines is 1. The first-order valence-electron chi connectivity index (χ1n) is 9.24. The predicted molar refractivity (Wildman–Crippen MR) is 124 cm³/mol. The third-order valence-corrected chi connectivity index (χ3v) is 4.57. The first kappa shape index (κ1) is 22.0. The minimum absolute atomic E-state index is 0. The van der Waals surface area contributed by atoms with Gasteiger partial charge in [0.1, 0.15) is 5.75 Å². The number of guanidine groups is 1. The molecule has 0 bridgehead atoms. The van der Waals surface area contributed by atoms with Crippen molar-refractivity contribution < 1.29 is 9.53 Å². The topological polar surface area (TPSA) is 74.8 Å². The molecule has 1 aliphatic rings. The number of carbonyl (C=O) groups is 1. The molecule has 0 saturated heterocycles. The number of para-hydroxylation sites is 2. The number of amides is 1. The lowest BCUT2D eigenvalue weighted by Gasteiger charge is -2.26. The van der Waals surface area contributed by atoms with E-state index in [4.69, 9.17) is 4.74 Å². The molecule has 1 aliphatic heterocycles. The summed E-state index contributed by atoms with van der Waals surface area (Å²) < 4.78 is 5.39. The number of halogens is 1. The summed E-state index contributed by atoms with van der Waals surface area (Å²) in [5.74, 6) is 1.73. The van der Waals surface area contributed by atoms with E-state index in [0.717, 1.165) is 35.1 Å². The highest BCUT2D eigenvalue weighted by atomic mass is 127. The minimum Gasteiger partial charge on any atom is -0.496 e. The molecule has 3 rings (SSSR count). The maximum atomic E-state index is 12.0. The molecule has 0 radical (unpaired) electrons. The Balaban J connectivity index is 0.00000280. The number of methoxy groups -OCH3 is 1. The fraction of sp³-hybridized carbons (Fsp3) is 0.333. The van der Waals surface area contributed by atoms with Crippen molar-refractivity contribution >= 4 is 41.5 Å². The molecule has 7 heteroatoms. The molecule has 150 valence electrons. The van der Waals surface area contributed by atoms with Gasteiger partial charge in [0.25, 0.3) is 0 Å². The van der Waals surface area contributed by atoms with Crippen LogP contribution >= 0.6 is 24.0 Å². The van der Waals surface area contributed by atoms with Gasteiger partial charge >= 0.3 is 0 Å². The third kappa shape index (κ3) is 5.60. The van der Waals surface area contributed by atoms with Gasteiger partial charge in [0.05, 0.1) is 13.7 Å². The van der Waals surface area contributed by atoms with E-state index in [-0.39, 0.29) is 35.8 Å². The van der Waals surface area contributed by atoms with Crippen molar-refractivity contribution in [3.8, 4) is 5.75 Å². The number of hydrogen-bond donors (Lipinski definition) is 3. The highest BCUT2D eigenvalue weighted by Crippen LogP contribution is 2.31. The van der Waals surface area contributed by atoms with E-state index in [1.807, 2.05) is 49.4 Å². The van der Waals surface area contributed by atoms with Gasteiger partial charge in [0.2, 0.25) is 5.91 Å². The number of nitrogens with one attached hydrogen (secondary N) is 3. The van der Waals surface area contributed by atoms with Gasteiger partial charge in [-0.3, -0.25) is 4.79 Å². The molecule has 28 heavy (non-hydrogen) atoms. The number of carbonyl (C=O) groups excluding carboxylic acids is 1. The van der Waals surface area contributed by atoms with Crippen LogP contribution in [0.5, 0.6) is 5.75 Å². The average Bonchev–Trinajstić information content (AvgIpc) is 2.70. The van der Waals surface area contributed by atoms with Gasteiger partial charge in [-0.25, -0.2) is 4.99 Å². The van der Waals surface area contributed by atoms with Crippen LogP contribution in [-0.4, -0.2) is 32.1 Å². The van der Waals surface area contributed by atoms with Crippen LogP contribution in [0, 0.1) is 0 Å². The van der Waals surface area contributed by atoms with Crippen LogP contribution in [0.3, 0.4) is 0 Å². The molecule has 0 aromatic heterocycles. The molecular weight excluding hydrogens is 467 g/mol. The summed E-state index contributed by atoms with van der Waals surface area (Å²) >= 11 is 0. The van der Waals surface area contributed by atoms with Crippen LogP contribution in [0.15, 0.2) is 53.5 Å². The zero-order chi connectivity index (χ0) is 19.1. The van der Waals surface area contributed by atoms with Crippen molar-refractivity contribution in [3.63, 3.8) is 0 Å². The van der Waals surface area contributed by atoms with Gasteiger partial charge in [-0.1, -0.05) is 36.4 Å². The Labute approximate surface area is 183 Å². The predicted octanol–water partition coefficient (Wildman–Crippen LogP) is 3.49. The van der Waals surface area contributed by atoms with Gasteiger partial charge < -0.3 is 20.7 Å². The van der Waals surface area contributed by atoms with Gasteiger partial charge in [-0.15, -0.1) is 24.0 Å². The van der Waals surface area contributed by atoms with E-state index in [1.165, 1.54) is 0 Å². The Morgan fingerprint density at radius 1 is 1.18 bits per heavy atom. The monoisotopic (exact) mass is 494 g/mol. The van der Waals surface area contributed by atoms with Crippen molar-refractivity contribution in [1.82, 2.24) is 10.6 Å². The molecule has 0 saturated carbocycles. The second-order valence-corrected chi connectivity index (χ2v) is 6.42. The van der Waals surface area contributed by atoms with E-state index >= 15 is 0 Å². The van der Waals surface area contributed by atoms with Gasteiger partial charge in [-0.05, 0) is 24.6 Å². The van der Waals surface area contributed by atoms with E-state index in [2.05, 4.69) is 27.0 Å². The fourth-order valence-corrected chi connectivity index (χ4v) is 3.24. The van der Waals surface area contributed by atoms with E-state index < -0.39 is 0 Å². The molecule has 6 nitrogen and oxygen atoms in total. The maximum absolute atomic E-state index is 12.0. The van der Waals surface area contributed by atoms with Crippen LogP contribution < -0.4 is 20.7 Å². The molecule has 0 spiro atoms. The lowest BCUT2D eigenvalue weighted by Crippen LogP contribution is -2.40. The zero-order valence-electron chi connectivity index (χ0n) is 16.2. The molecule has 0 aliphatic carbocycles. The van der Waals surface area contributed by atoms with Crippen LogP contribution in [0.4, 0.5) is 5.69 Å². The van der Waals surface area contributed by atoms with E-state index in [9.17, 15) is 4.79 Å². The summed E-state index contributed by atoms with van der Waals surface area (Å²) in [5.41, 5.74) is 3.08. The molecule has 2 aromatic carbocycles. The van der Waals surface area contributed by atoms with Crippen molar-refractivity contribution in [3.05, 3.63) is 59.7 Å². The number of nitrogens with zero attached hydrogens (tertiary/aromatic N) is 1. The molecule has 2 aromatic rings. The first-order chi connectivity index (χ1) is 13.2. The van der Waals surface area contributed by atoms with Gasteiger partial charge in [0.15, 0.2) is 5.96 Å². The van der Waals surface area contributed by atoms with Crippen LogP contribution in [0.1, 0.15) is 30.4 Å². The Hall–Kier alpha value is -2.29. The highest BCUT2D eigenvalue weighted by molar-refractivity contribution is 14.0. The second-order valence-electron chi connectivity index (χ2n) is 6.42. The summed E-state index contributed by atoms with van der Waals surface area (Å²) in [5, 5.41) is 9.58. The number of aliphatic imine (C=N–C) groups is 1. The number of rotatable bonds is 6. The number of ether oxygens (including phenoxy) is 1. The lowest BCUT2D eigenvalue weighted by molar-refractivity contribution is -0.116. The summed E-state index contributed by atoms with van der Waals surface area (Å²) in [4.78, 5) is 16.7. The first-order valence-corrected chi connectivity index (χ1v) is 9.24. The Morgan fingerprint density at radius 2 is 1.93 bits per heavy atom. The Bertz CT molecular complexity index is 826. The molecule has 1 atom stereocenters. The molecular formula is C21H27IN4O2. The maximum Gasteiger partial charge on any atom is 0.225 e. The van der Waals surface area contributed by atoms with Crippen molar-refractivity contribution in [2.75, 3.05) is 25.5 Å². The fourth-order valence-electron chi connectivity index (χ4n) is 3.24. The second kappa shape index (κ2) is 10.9. The standard InChI is InChI=1S/C21H26N4O2.HI/c1-3-22-21(23-13-15-8-4-7-11-19(15)27-2)24-14-16-12-20(26)25-18-10-6-5-9-17(16)18;/h4-11,16H,3,12-14H2,1-2H3,(H,25,26)(H2,22,23,24);1H. The molecule has 1 amide bonds. The Kier molecular flexibility index (Phi) is 8.56. The van der Waals surface area contributed by atoms with Crippen LogP contribution in [0.2, 0.25) is 0 Å². The van der Waals surface area contributed by atoms with Crippen molar-refractivity contribution in [2.24, 2.45) is 4.99 Å². The smallest absolute Gasteiger partial charge is 0.225 e. The van der Waals surface area contributed by atoms with E-state index in [0.29, 0.717) is 19.5 Å². The van der Waals surface area contributed by atoms with Gasteiger partial charge in [-0.2, -0.15) is 0 Å². The summed E-state index contributed by atoms with van der Waals surface area (Å²) in [7, 11) is 1.66. The van der Waals surface area contributed by atoms with Crippen molar-refractivity contribution in [1.29, 1.82) is 0 Å². The summed E-state index contributed by atoms with van der Waals surface area (Å²) in [6, 6.07) is 15.8. The normalized spacial score (nSPS) is 15.7. The average molecular weight is 494 g/mol. The quantitative estimate of drug-likeness (QED) is 0.327. The molecule has 3 N–H and O–H groups in total. The number of fused-ring (bicyclic) bond motifs is 1. The van der Waals surface area contributed by atoms with E-state index in [1.54, 1.807) is 7.11 Å². The number of hydrogen-bond acceptors (Lipinski definition) is 3. The highest BCUT2D eigenvalue weighted by Gasteiger charge is 2.24. The van der Waals surface area contributed by atoms with Crippen LogP contribution in [0.25, 0.3) is 0 Å². The Morgan fingerprint density at radius 3 is 2.71 bits per heavy atom. The summed E-state index contributed by atoms with van der Waals surface area (Å²) in [6.45, 7) is 3.95. The number of benzene rings is 2. The van der Waals surface area contributed by atoms with Crippen LogP contribution in [-0.2, 0) is 11.3 Å².